The molecule has 0 spiro atoms. The van der Waals surface area contributed by atoms with Crippen molar-refractivity contribution >= 4 is 12.1 Å². The van der Waals surface area contributed by atoms with E-state index in [1.54, 1.807) is 12.1 Å². The lowest BCUT2D eigenvalue weighted by atomic mass is 9.85. The van der Waals surface area contributed by atoms with E-state index >= 15 is 0 Å². The molecule has 0 saturated carbocycles. The fraction of sp³-hybridized carbons (Fsp3) is 0.391. The molecule has 0 atom stereocenters. The van der Waals surface area contributed by atoms with Gasteiger partial charge in [-0.25, -0.2) is 5.43 Å². The first kappa shape index (κ1) is 23.1. The molecule has 2 rings (SSSR count). The van der Waals surface area contributed by atoms with Crippen LogP contribution >= 0.6 is 0 Å². The Bertz CT molecular complexity index is 891. The van der Waals surface area contributed by atoms with Gasteiger partial charge >= 0.3 is 0 Å². The molecule has 7 nitrogen and oxygen atoms in total. The van der Waals surface area contributed by atoms with Crippen LogP contribution in [-0.4, -0.2) is 40.1 Å². The summed E-state index contributed by atoms with van der Waals surface area (Å²) in [6.07, 6.45) is 1.49. The van der Waals surface area contributed by atoms with Crippen molar-refractivity contribution in [1.82, 2.24) is 5.43 Å². The average Bonchev–Trinajstić information content (AvgIpc) is 2.71. The minimum absolute atomic E-state index is 0.0948. The van der Waals surface area contributed by atoms with Gasteiger partial charge in [0.2, 0.25) is 5.75 Å². The summed E-state index contributed by atoms with van der Waals surface area (Å²) in [6, 6.07) is 9.40. The quantitative estimate of drug-likeness (QED) is 0.524. The standard InChI is InChI=1S/C23H30N2O5/c1-15-8-9-18(17(10-15)23(2,3)4)30-14-21(26)25-24-13-16-11-19(27-5)22(29-7)20(12-16)28-6/h8-13H,14H2,1-7H3,(H,25,26)/b24-13+. The van der Waals surface area contributed by atoms with E-state index in [-0.39, 0.29) is 17.9 Å². The summed E-state index contributed by atoms with van der Waals surface area (Å²) in [4.78, 5) is 12.2. The summed E-state index contributed by atoms with van der Waals surface area (Å²) in [5.41, 5.74) is 5.25. The Hall–Kier alpha value is -3.22. The monoisotopic (exact) mass is 414 g/mol. The Morgan fingerprint density at radius 3 is 2.17 bits per heavy atom. The molecule has 0 fully saturated rings. The summed E-state index contributed by atoms with van der Waals surface area (Å²) in [7, 11) is 4.61. The van der Waals surface area contributed by atoms with Crippen LogP contribution in [0.4, 0.5) is 0 Å². The van der Waals surface area contributed by atoms with E-state index in [0.717, 1.165) is 11.1 Å². The normalized spacial score (nSPS) is 11.3. The molecule has 0 saturated heterocycles. The maximum atomic E-state index is 12.2. The Morgan fingerprint density at radius 2 is 1.63 bits per heavy atom. The van der Waals surface area contributed by atoms with E-state index < -0.39 is 0 Å². The van der Waals surface area contributed by atoms with E-state index in [0.29, 0.717) is 28.6 Å². The van der Waals surface area contributed by atoms with Crippen molar-refractivity contribution < 1.29 is 23.7 Å². The number of nitrogens with one attached hydrogen (secondary N) is 1. The fourth-order valence-electron chi connectivity index (χ4n) is 2.89. The maximum Gasteiger partial charge on any atom is 0.277 e. The van der Waals surface area contributed by atoms with Crippen molar-refractivity contribution in [3.05, 3.63) is 47.0 Å². The third-order valence-corrected chi connectivity index (χ3v) is 4.39. The van der Waals surface area contributed by atoms with E-state index in [1.165, 1.54) is 27.5 Å². The molecule has 2 aromatic carbocycles. The zero-order chi connectivity index (χ0) is 22.3. The van der Waals surface area contributed by atoms with Crippen LogP contribution in [0.3, 0.4) is 0 Å². The van der Waals surface area contributed by atoms with Gasteiger partial charge in [-0.05, 0) is 36.1 Å². The van der Waals surface area contributed by atoms with Crippen molar-refractivity contribution in [2.45, 2.75) is 33.1 Å². The van der Waals surface area contributed by atoms with Crippen molar-refractivity contribution in [1.29, 1.82) is 0 Å². The number of benzene rings is 2. The second kappa shape index (κ2) is 10.0. The molecule has 0 aromatic heterocycles. The number of aryl methyl sites for hydroxylation is 1. The summed E-state index contributed by atoms with van der Waals surface area (Å²) in [6.45, 7) is 8.21. The van der Waals surface area contributed by atoms with Crippen LogP contribution in [0.2, 0.25) is 0 Å². The number of nitrogens with zero attached hydrogens (tertiary/aromatic N) is 1. The molecule has 162 valence electrons. The summed E-state index contributed by atoms with van der Waals surface area (Å²) in [5.74, 6) is 1.82. The number of hydrogen-bond acceptors (Lipinski definition) is 6. The molecular formula is C23H30N2O5. The van der Waals surface area contributed by atoms with Crippen molar-refractivity contribution in [3.63, 3.8) is 0 Å². The third kappa shape index (κ3) is 5.89. The molecule has 0 radical (unpaired) electrons. The van der Waals surface area contributed by atoms with Gasteiger partial charge in [0, 0.05) is 5.56 Å². The fourth-order valence-corrected chi connectivity index (χ4v) is 2.89. The Morgan fingerprint density at radius 1 is 1.00 bits per heavy atom. The smallest absolute Gasteiger partial charge is 0.277 e. The number of hydrazone groups is 1. The number of ether oxygens (including phenoxy) is 4. The third-order valence-electron chi connectivity index (χ3n) is 4.39. The van der Waals surface area contributed by atoms with Crippen LogP contribution in [0.25, 0.3) is 0 Å². The number of carbonyl (C=O) groups is 1. The lowest BCUT2D eigenvalue weighted by Crippen LogP contribution is -2.25. The van der Waals surface area contributed by atoms with Crippen LogP contribution < -0.4 is 24.4 Å². The Kier molecular flexibility index (Phi) is 7.69. The lowest BCUT2D eigenvalue weighted by molar-refractivity contribution is -0.123. The van der Waals surface area contributed by atoms with Gasteiger partial charge in [-0.2, -0.15) is 5.10 Å². The second-order valence-corrected chi connectivity index (χ2v) is 7.79. The molecule has 0 bridgehead atoms. The molecule has 0 aliphatic heterocycles. The minimum Gasteiger partial charge on any atom is -0.493 e. The molecule has 30 heavy (non-hydrogen) atoms. The zero-order valence-electron chi connectivity index (χ0n) is 18.7. The number of amides is 1. The molecule has 0 unspecified atom stereocenters. The second-order valence-electron chi connectivity index (χ2n) is 7.79. The molecule has 1 N–H and O–H groups in total. The van der Waals surface area contributed by atoms with E-state index in [1.807, 2.05) is 19.1 Å². The molecule has 2 aromatic rings. The predicted molar refractivity (Wildman–Crippen MR) is 117 cm³/mol. The molecular weight excluding hydrogens is 384 g/mol. The van der Waals surface area contributed by atoms with Crippen LogP contribution in [0, 0.1) is 6.92 Å². The number of rotatable bonds is 8. The van der Waals surface area contributed by atoms with Crippen molar-refractivity contribution in [3.8, 4) is 23.0 Å². The molecule has 0 aliphatic carbocycles. The van der Waals surface area contributed by atoms with Crippen LogP contribution in [0.5, 0.6) is 23.0 Å². The lowest BCUT2D eigenvalue weighted by Gasteiger charge is -2.23. The minimum atomic E-state index is -0.362. The van der Waals surface area contributed by atoms with Gasteiger partial charge in [0.1, 0.15) is 5.75 Å². The van der Waals surface area contributed by atoms with Gasteiger partial charge in [-0.3, -0.25) is 4.79 Å². The highest BCUT2D eigenvalue weighted by atomic mass is 16.5. The molecule has 0 aliphatic rings. The summed E-state index contributed by atoms with van der Waals surface area (Å²) >= 11 is 0. The first-order valence-electron chi connectivity index (χ1n) is 9.55. The molecule has 0 heterocycles. The SMILES string of the molecule is COc1cc(/C=N/NC(=O)COc2ccc(C)cc2C(C)(C)C)cc(OC)c1OC. The zero-order valence-corrected chi connectivity index (χ0v) is 18.7. The summed E-state index contributed by atoms with van der Waals surface area (Å²) in [5, 5.41) is 3.99. The van der Waals surface area contributed by atoms with Crippen LogP contribution in [0.15, 0.2) is 35.4 Å². The van der Waals surface area contributed by atoms with Gasteiger partial charge in [0.05, 0.1) is 27.5 Å². The largest absolute Gasteiger partial charge is 0.493 e. The van der Waals surface area contributed by atoms with Gasteiger partial charge in [-0.15, -0.1) is 0 Å². The van der Waals surface area contributed by atoms with E-state index in [2.05, 4.69) is 37.4 Å². The van der Waals surface area contributed by atoms with Crippen molar-refractivity contribution in [2.24, 2.45) is 5.10 Å². The van der Waals surface area contributed by atoms with Gasteiger partial charge in [-0.1, -0.05) is 38.5 Å². The van der Waals surface area contributed by atoms with Crippen molar-refractivity contribution in [2.75, 3.05) is 27.9 Å². The first-order valence-corrected chi connectivity index (χ1v) is 9.55. The first-order chi connectivity index (χ1) is 14.2. The van der Waals surface area contributed by atoms with Gasteiger partial charge < -0.3 is 18.9 Å². The Balaban J connectivity index is 2.03. The predicted octanol–water partition coefficient (Wildman–Crippen LogP) is 3.85. The number of carbonyl (C=O) groups excluding carboxylic acids is 1. The highest BCUT2D eigenvalue weighted by molar-refractivity contribution is 5.84. The van der Waals surface area contributed by atoms with E-state index in [4.69, 9.17) is 18.9 Å². The summed E-state index contributed by atoms with van der Waals surface area (Å²) < 4.78 is 21.6. The number of methoxy groups -OCH3 is 3. The highest BCUT2D eigenvalue weighted by Gasteiger charge is 2.19. The van der Waals surface area contributed by atoms with Crippen LogP contribution in [0.1, 0.15) is 37.5 Å². The van der Waals surface area contributed by atoms with E-state index in [9.17, 15) is 4.79 Å². The topological polar surface area (TPSA) is 78.4 Å². The number of hydrogen-bond donors (Lipinski definition) is 1. The van der Waals surface area contributed by atoms with Gasteiger partial charge in [0.25, 0.3) is 5.91 Å². The van der Waals surface area contributed by atoms with Crippen LogP contribution in [-0.2, 0) is 10.2 Å². The molecule has 7 heteroatoms. The maximum absolute atomic E-state index is 12.2. The highest BCUT2D eigenvalue weighted by Crippen LogP contribution is 2.37. The molecule has 1 amide bonds. The average molecular weight is 415 g/mol. The Labute approximate surface area is 178 Å². The van der Waals surface area contributed by atoms with Gasteiger partial charge in [0.15, 0.2) is 18.1 Å².